The minimum Gasteiger partial charge on any atom is -0.409 e. The molecule has 0 amide bonds. The van der Waals surface area contributed by atoms with E-state index in [1.54, 1.807) is 18.2 Å². The van der Waals surface area contributed by atoms with E-state index in [4.69, 9.17) is 34.1 Å². The van der Waals surface area contributed by atoms with Crippen LogP contribution >= 0.6 is 23.2 Å². The maximum Gasteiger partial charge on any atom is 0.170 e. The van der Waals surface area contributed by atoms with Crippen molar-refractivity contribution in [1.29, 1.82) is 0 Å². The summed E-state index contributed by atoms with van der Waals surface area (Å²) in [6, 6.07) is 12.7. The molecule has 0 bridgehead atoms. The van der Waals surface area contributed by atoms with Crippen LogP contribution in [0.5, 0.6) is 0 Å². The summed E-state index contributed by atoms with van der Waals surface area (Å²) >= 11 is 11.8. The van der Waals surface area contributed by atoms with Gasteiger partial charge in [0.2, 0.25) is 0 Å². The molecule has 0 fully saturated rings. The topological polar surface area (TPSA) is 70.6 Å². The van der Waals surface area contributed by atoms with E-state index < -0.39 is 0 Å². The Morgan fingerprint density at radius 3 is 2.60 bits per heavy atom. The van der Waals surface area contributed by atoms with Gasteiger partial charge in [-0.3, -0.25) is 0 Å². The lowest BCUT2D eigenvalue weighted by Crippen LogP contribution is -2.16. The fraction of sp³-hybridized carbons (Fsp3) is 0.0714. The summed E-state index contributed by atoms with van der Waals surface area (Å²) in [6.07, 6.45) is 0. The first-order chi connectivity index (χ1) is 9.61. The Balaban J connectivity index is 2.17. The summed E-state index contributed by atoms with van der Waals surface area (Å²) < 4.78 is 0. The maximum atomic E-state index is 8.78. The second-order valence-corrected chi connectivity index (χ2v) is 4.94. The van der Waals surface area contributed by atoms with Crippen LogP contribution in [0.1, 0.15) is 11.1 Å². The fourth-order valence-corrected chi connectivity index (χ4v) is 2.08. The predicted molar refractivity (Wildman–Crippen MR) is 82.7 cm³/mol. The van der Waals surface area contributed by atoms with Crippen molar-refractivity contribution in [3.8, 4) is 0 Å². The zero-order chi connectivity index (χ0) is 14.5. The van der Waals surface area contributed by atoms with Gasteiger partial charge in [0.15, 0.2) is 5.84 Å². The number of hydrogen-bond acceptors (Lipinski definition) is 3. The highest BCUT2D eigenvalue weighted by atomic mass is 35.5. The van der Waals surface area contributed by atoms with Gasteiger partial charge < -0.3 is 16.3 Å². The third-order valence-corrected chi connectivity index (χ3v) is 3.54. The lowest BCUT2D eigenvalue weighted by Gasteiger charge is -2.11. The number of amidine groups is 1. The molecule has 0 unspecified atom stereocenters. The number of hydrogen-bond donors (Lipinski definition) is 3. The predicted octanol–water partition coefficient (Wildman–Crippen LogP) is 3.70. The molecule has 6 heteroatoms. The number of anilines is 1. The minimum absolute atomic E-state index is 0.0801. The second-order valence-electron chi connectivity index (χ2n) is 4.12. The molecule has 0 aromatic heterocycles. The molecule has 104 valence electrons. The molecule has 0 atom stereocenters. The Bertz CT molecular complexity index is 644. The smallest absolute Gasteiger partial charge is 0.170 e. The molecule has 0 spiro atoms. The highest BCUT2D eigenvalue weighted by molar-refractivity contribution is 6.42. The number of nitrogens with one attached hydrogen (secondary N) is 1. The number of nitrogens with zero attached hydrogens (tertiary/aromatic N) is 1. The van der Waals surface area contributed by atoms with Crippen molar-refractivity contribution in [2.24, 2.45) is 10.9 Å². The molecule has 0 aliphatic rings. The van der Waals surface area contributed by atoms with Gasteiger partial charge in [-0.15, -0.1) is 0 Å². The number of oxime groups is 1. The van der Waals surface area contributed by atoms with Crippen LogP contribution in [-0.2, 0) is 6.54 Å². The van der Waals surface area contributed by atoms with Crippen molar-refractivity contribution < 1.29 is 5.21 Å². The maximum absolute atomic E-state index is 8.78. The second kappa shape index (κ2) is 6.50. The zero-order valence-corrected chi connectivity index (χ0v) is 12.0. The van der Waals surface area contributed by atoms with E-state index in [1.165, 1.54) is 0 Å². The minimum atomic E-state index is 0.0801. The Morgan fingerprint density at radius 1 is 1.15 bits per heavy atom. The van der Waals surface area contributed by atoms with Crippen LogP contribution in [0, 0.1) is 0 Å². The summed E-state index contributed by atoms with van der Waals surface area (Å²) in [5.41, 5.74) is 8.08. The van der Waals surface area contributed by atoms with Crippen molar-refractivity contribution in [2.45, 2.75) is 6.54 Å². The molecule has 2 aromatic carbocycles. The van der Waals surface area contributed by atoms with Crippen molar-refractivity contribution >= 4 is 34.7 Å². The van der Waals surface area contributed by atoms with Gasteiger partial charge in [0.25, 0.3) is 0 Å². The Morgan fingerprint density at radius 2 is 1.90 bits per heavy atom. The van der Waals surface area contributed by atoms with Crippen LogP contribution in [-0.4, -0.2) is 11.0 Å². The van der Waals surface area contributed by atoms with Gasteiger partial charge in [0.1, 0.15) is 0 Å². The molecule has 0 saturated carbocycles. The molecule has 20 heavy (non-hydrogen) atoms. The quantitative estimate of drug-likeness (QED) is 0.349. The van der Waals surface area contributed by atoms with Crippen molar-refractivity contribution in [3.05, 3.63) is 63.6 Å². The van der Waals surface area contributed by atoms with E-state index >= 15 is 0 Å². The van der Waals surface area contributed by atoms with E-state index in [1.807, 2.05) is 24.3 Å². The van der Waals surface area contributed by atoms with E-state index in [-0.39, 0.29) is 5.84 Å². The van der Waals surface area contributed by atoms with Gasteiger partial charge in [-0.25, -0.2) is 0 Å². The van der Waals surface area contributed by atoms with Crippen molar-refractivity contribution in [2.75, 3.05) is 5.32 Å². The fourth-order valence-electron chi connectivity index (χ4n) is 1.78. The van der Waals surface area contributed by atoms with Crippen LogP contribution in [0.25, 0.3) is 0 Å². The third kappa shape index (κ3) is 3.35. The summed E-state index contributed by atoms with van der Waals surface area (Å²) in [7, 11) is 0. The summed E-state index contributed by atoms with van der Waals surface area (Å²) in [6.45, 7) is 0.518. The first-order valence-electron chi connectivity index (χ1n) is 5.86. The van der Waals surface area contributed by atoms with Crippen LogP contribution in [0.3, 0.4) is 0 Å². The van der Waals surface area contributed by atoms with E-state index in [0.29, 0.717) is 22.2 Å². The van der Waals surface area contributed by atoms with Gasteiger partial charge in [0, 0.05) is 17.8 Å². The molecular formula is C14H13Cl2N3O. The third-order valence-electron chi connectivity index (χ3n) is 2.80. The highest BCUT2D eigenvalue weighted by Gasteiger charge is 2.06. The number of nitrogens with two attached hydrogens (primary N) is 1. The summed E-state index contributed by atoms with van der Waals surface area (Å²) in [5, 5.41) is 16.0. The van der Waals surface area contributed by atoms with Crippen LogP contribution < -0.4 is 11.1 Å². The van der Waals surface area contributed by atoms with Gasteiger partial charge >= 0.3 is 0 Å². The van der Waals surface area contributed by atoms with Gasteiger partial charge in [-0.05, 0) is 23.8 Å². The van der Waals surface area contributed by atoms with Crippen LogP contribution in [0.4, 0.5) is 5.69 Å². The molecule has 0 heterocycles. The standard InChI is InChI=1S/C14H13Cl2N3O/c15-12-6-5-10(7-13(12)16)18-8-9-3-1-2-4-11(9)14(17)19-20/h1-7,18,20H,8H2,(H2,17,19). The number of benzene rings is 2. The van der Waals surface area contributed by atoms with Gasteiger partial charge in [-0.2, -0.15) is 0 Å². The van der Waals surface area contributed by atoms with Crippen molar-refractivity contribution in [3.63, 3.8) is 0 Å². The number of halogens is 2. The average molecular weight is 310 g/mol. The van der Waals surface area contributed by atoms with Crippen LogP contribution in [0.2, 0.25) is 10.0 Å². The molecule has 2 rings (SSSR count). The number of rotatable bonds is 4. The summed E-state index contributed by atoms with van der Waals surface area (Å²) in [4.78, 5) is 0. The molecular weight excluding hydrogens is 297 g/mol. The normalized spacial score (nSPS) is 11.4. The Hall–Kier alpha value is -1.91. The highest BCUT2D eigenvalue weighted by Crippen LogP contribution is 2.25. The molecule has 0 aliphatic heterocycles. The van der Waals surface area contributed by atoms with E-state index in [2.05, 4.69) is 10.5 Å². The first-order valence-corrected chi connectivity index (χ1v) is 6.62. The van der Waals surface area contributed by atoms with Gasteiger partial charge in [-0.1, -0.05) is 52.6 Å². The first kappa shape index (κ1) is 14.5. The Kier molecular flexibility index (Phi) is 4.71. The molecule has 2 aromatic rings. The van der Waals surface area contributed by atoms with E-state index in [0.717, 1.165) is 11.3 Å². The zero-order valence-electron chi connectivity index (χ0n) is 10.5. The SMILES string of the molecule is NC(=NO)c1ccccc1CNc1ccc(Cl)c(Cl)c1. The Labute approximate surface area is 126 Å². The largest absolute Gasteiger partial charge is 0.409 e. The molecule has 0 aliphatic carbocycles. The molecule has 4 nitrogen and oxygen atoms in total. The van der Waals surface area contributed by atoms with Crippen molar-refractivity contribution in [1.82, 2.24) is 0 Å². The molecule has 4 N–H and O–H groups in total. The summed E-state index contributed by atoms with van der Waals surface area (Å²) in [5.74, 6) is 0.0801. The lowest BCUT2D eigenvalue weighted by atomic mass is 10.1. The monoisotopic (exact) mass is 309 g/mol. The average Bonchev–Trinajstić information content (AvgIpc) is 2.48. The lowest BCUT2D eigenvalue weighted by molar-refractivity contribution is 0.318. The molecule has 0 radical (unpaired) electrons. The van der Waals surface area contributed by atoms with Gasteiger partial charge in [0.05, 0.1) is 10.0 Å². The van der Waals surface area contributed by atoms with E-state index in [9.17, 15) is 0 Å². The van der Waals surface area contributed by atoms with Crippen LogP contribution in [0.15, 0.2) is 47.6 Å². The molecule has 0 saturated heterocycles.